The maximum atomic E-state index is 13.8. The summed E-state index contributed by atoms with van der Waals surface area (Å²) in [7, 11) is 0. The zero-order valence-corrected chi connectivity index (χ0v) is 27.6. The topological polar surface area (TPSA) is 122 Å². The number of hydrogen-bond donors (Lipinski definition) is 4. The third-order valence-corrected chi connectivity index (χ3v) is 10.2. The SMILES string of the molecule is C=C1C[C@@H](c2ncc(-c3ccc(C#Cc4ccc5nc([C@@H]6CCCN6C(=O)[C@H]6CC(F)(F)CN6)[nH]c5c4)cc3)[nH]2)N(C(=O)[C@@H]2CC(F)(F)CN2)C1. The predicted molar refractivity (Wildman–Crippen MR) is 181 cm³/mol. The Kier molecular flexibility index (Phi) is 8.22. The highest BCUT2D eigenvalue weighted by molar-refractivity contribution is 5.84. The minimum absolute atomic E-state index is 0.301. The molecule has 2 amide bonds. The molecule has 4 aliphatic rings. The number of benzene rings is 2. The predicted octanol–water partition coefficient (Wildman–Crippen LogP) is 4.84. The number of likely N-dealkylation sites (tertiary alicyclic amines) is 2. The van der Waals surface area contributed by atoms with E-state index in [1.54, 1.807) is 16.0 Å². The van der Waals surface area contributed by atoms with Crippen LogP contribution in [0.1, 0.15) is 67.0 Å². The minimum Gasteiger partial charge on any atom is -0.340 e. The summed E-state index contributed by atoms with van der Waals surface area (Å²) in [5.74, 6) is 1.13. The number of aromatic nitrogens is 4. The van der Waals surface area contributed by atoms with Crippen LogP contribution in [0.15, 0.2) is 60.8 Å². The number of fused-ring (bicyclic) bond motifs is 1. The van der Waals surface area contributed by atoms with E-state index >= 15 is 0 Å². The summed E-state index contributed by atoms with van der Waals surface area (Å²) in [6.45, 7) is 3.84. The number of nitrogens with one attached hydrogen (secondary N) is 4. The van der Waals surface area contributed by atoms with Gasteiger partial charge in [-0.05, 0) is 55.2 Å². The summed E-state index contributed by atoms with van der Waals surface area (Å²) in [5.41, 5.74) is 5.53. The summed E-state index contributed by atoms with van der Waals surface area (Å²) in [6.07, 6.45) is 2.66. The third-order valence-electron chi connectivity index (χ3n) is 10.2. The summed E-state index contributed by atoms with van der Waals surface area (Å²) in [5, 5.41) is 5.32. The zero-order chi connectivity index (χ0) is 35.5. The van der Waals surface area contributed by atoms with Gasteiger partial charge in [0.05, 0.1) is 60.2 Å². The van der Waals surface area contributed by atoms with Crippen LogP contribution in [0.2, 0.25) is 0 Å². The van der Waals surface area contributed by atoms with E-state index in [0.29, 0.717) is 37.6 Å². The molecule has 4 N–H and O–H groups in total. The summed E-state index contributed by atoms with van der Waals surface area (Å²) < 4.78 is 55.0. The number of carbonyl (C=O) groups is 2. The highest BCUT2D eigenvalue weighted by Crippen LogP contribution is 2.37. The largest absolute Gasteiger partial charge is 0.340 e. The van der Waals surface area contributed by atoms with Crippen LogP contribution >= 0.6 is 0 Å². The van der Waals surface area contributed by atoms with Crippen LogP contribution in [0.4, 0.5) is 17.6 Å². The molecule has 10 nitrogen and oxygen atoms in total. The van der Waals surface area contributed by atoms with Crippen LogP contribution < -0.4 is 10.6 Å². The molecule has 4 fully saturated rings. The van der Waals surface area contributed by atoms with Crippen molar-refractivity contribution in [1.29, 1.82) is 0 Å². The van der Waals surface area contributed by atoms with Crippen molar-refractivity contribution < 1.29 is 27.2 Å². The normalized spacial score (nSPS) is 25.5. The van der Waals surface area contributed by atoms with Gasteiger partial charge in [0.2, 0.25) is 11.8 Å². The maximum Gasteiger partial charge on any atom is 0.262 e. The molecule has 0 radical (unpaired) electrons. The molecule has 2 aromatic carbocycles. The molecule has 8 rings (SSSR count). The van der Waals surface area contributed by atoms with Crippen molar-refractivity contribution in [3.63, 3.8) is 0 Å². The molecule has 0 spiro atoms. The number of imidazole rings is 2. The Morgan fingerprint density at radius 1 is 0.843 bits per heavy atom. The molecule has 0 saturated carbocycles. The fraction of sp³-hybridized carbons (Fsp3) is 0.405. The second-order valence-corrected chi connectivity index (χ2v) is 14.0. The number of alkyl halides is 4. The first-order valence-electron chi connectivity index (χ1n) is 17.1. The number of halogens is 4. The zero-order valence-electron chi connectivity index (χ0n) is 27.6. The molecule has 0 aliphatic carbocycles. The molecule has 51 heavy (non-hydrogen) atoms. The number of H-pyrrole nitrogens is 2. The quantitative estimate of drug-likeness (QED) is 0.134. The number of carbonyl (C=O) groups excluding carboxylic acids is 2. The molecular weight excluding hydrogens is 664 g/mol. The Bertz CT molecular complexity index is 2080. The lowest BCUT2D eigenvalue weighted by atomic mass is 10.1. The van der Waals surface area contributed by atoms with E-state index in [1.807, 2.05) is 42.5 Å². The average Bonchev–Trinajstić information content (AvgIpc) is 3.95. The van der Waals surface area contributed by atoms with Gasteiger partial charge in [-0.15, -0.1) is 0 Å². The number of amides is 2. The lowest BCUT2D eigenvalue weighted by Gasteiger charge is -2.26. The van der Waals surface area contributed by atoms with Crippen molar-refractivity contribution in [3.05, 3.63) is 83.6 Å². The van der Waals surface area contributed by atoms with Gasteiger partial charge in [0, 0.05) is 37.1 Å². The van der Waals surface area contributed by atoms with Crippen molar-refractivity contribution >= 4 is 22.8 Å². The van der Waals surface area contributed by atoms with Gasteiger partial charge >= 0.3 is 0 Å². The molecule has 2 aromatic heterocycles. The Labute approximate surface area is 291 Å². The number of rotatable bonds is 5. The lowest BCUT2D eigenvalue weighted by molar-refractivity contribution is -0.135. The standard InChI is InChI=1S/C37H36F4N8O2/c1-21-13-31(49(18-21)35(51)28-16-37(40,41)20-44-28)32-42-17-29(47-32)24-9-6-22(7-10-24)4-5-23-8-11-25-26(14-23)46-33(45-25)30-3-2-12-48(30)34(50)27-15-36(38,39)19-43-27/h6-11,14,17,27-28,30-31,43-44H,1-3,12-13,15-16,18-20H2,(H,42,47)(H,45,46)/t27-,28+,30+,31+/m1/s1. The monoisotopic (exact) mass is 700 g/mol. The molecule has 4 aliphatic heterocycles. The first kappa shape index (κ1) is 33.2. The van der Waals surface area contributed by atoms with Crippen molar-refractivity contribution in [2.45, 2.75) is 68.1 Å². The Balaban J connectivity index is 0.933. The van der Waals surface area contributed by atoms with Crippen molar-refractivity contribution in [2.24, 2.45) is 0 Å². The summed E-state index contributed by atoms with van der Waals surface area (Å²) in [4.78, 5) is 45.4. The molecule has 4 atom stereocenters. The lowest BCUT2D eigenvalue weighted by Crippen LogP contribution is -2.43. The molecule has 264 valence electrons. The molecular formula is C37H36F4N8O2. The van der Waals surface area contributed by atoms with Crippen molar-refractivity contribution in [3.8, 4) is 23.1 Å². The van der Waals surface area contributed by atoms with Gasteiger partial charge in [-0.3, -0.25) is 20.2 Å². The van der Waals surface area contributed by atoms with E-state index < -0.39 is 55.9 Å². The minimum atomic E-state index is -2.90. The highest BCUT2D eigenvalue weighted by atomic mass is 19.3. The van der Waals surface area contributed by atoms with Gasteiger partial charge in [-0.25, -0.2) is 27.5 Å². The van der Waals surface area contributed by atoms with Gasteiger partial charge in [-0.2, -0.15) is 0 Å². The summed E-state index contributed by atoms with van der Waals surface area (Å²) >= 11 is 0. The first-order valence-corrected chi connectivity index (χ1v) is 17.1. The van der Waals surface area contributed by atoms with Crippen LogP contribution in [-0.4, -0.2) is 91.7 Å². The fourth-order valence-corrected chi connectivity index (χ4v) is 7.57. The van der Waals surface area contributed by atoms with E-state index in [2.05, 4.69) is 44.0 Å². The Morgan fingerprint density at radius 3 is 2.20 bits per heavy atom. The van der Waals surface area contributed by atoms with Crippen LogP contribution in [0.5, 0.6) is 0 Å². The van der Waals surface area contributed by atoms with Gasteiger partial charge < -0.3 is 19.8 Å². The van der Waals surface area contributed by atoms with Crippen molar-refractivity contribution in [1.82, 2.24) is 40.4 Å². The smallest absolute Gasteiger partial charge is 0.262 e. The van der Waals surface area contributed by atoms with E-state index in [-0.39, 0.29) is 17.9 Å². The van der Waals surface area contributed by atoms with Crippen LogP contribution in [-0.2, 0) is 9.59 Å². The van der Waals surface area contributed by atoms with E-state index in [1.165, 1.54) is 0 Å². The van der Waals surface area contributed by atoms with Crippen molar-refractivity contribution in [2.75, 3.05) is 26.2 Å². The van der Waals surface area contributed by atoms with Gasteiger partial charge in [0.15, 0.2) is 0 Å². The molecule has 6 heterocycles. The van der Waals surface area contributed by atoms with E-state index in [4.69, 9.17) is 4.98 Å². The number of aromatic amines is 2. The van der Waals surface area contributed by atoms with Crippen LogP contribution in [0.3, 0.4) is 0 Å². The average molecular weight is 701 g/mol. The first-order chi connectivity index (χ1) is 24.4. The van der Waals surface area contributed by atoms with E-state index in [9.17, 15) is 27.2 Å². The molecule has 4 aromatic rings. The fourth-order valence-electron chi connectivity index (χ4n) is 7.57. The number of hydrogen-bond acceptors (Lipinski definition) is 6. The second kappa shape index (κ2) is 12.6. The van der Waals surface area contributed by atoms with Gasteiger partial charge in [-0.1, -0.05) is 36.1 Å². The van der Waals surface area contributed by atoms with Gasteiger partial charge in [0.25, 0.3) is 11.8 Å². The molecule has 0 unspecified atom stereocenters. The molecule has 0 bridgehead atoms. The second-order valence-electron chi connectivity index (χ2n) is 14.0. The maximum absolute atomic E-state index is 13.8. The molecule has 14 heteroatoms. The van der Waals surface area contributed by atoms with Crippen LogP contribution in [0, 0.1) is 11.8 Å². The summed E-state index contributed by atoms with van der Waals surface area (Å²) in [6, 6.07) is 10.8. The Hall–Kier alpha value is -5.00. The van der Waals surface area contributed by atoms with E-state index in [0.717, 1.165) is 45.4 Å². The number of nitrogens with zero attached hydrogens (tertiary/aromatic N) is 4. The Morgan fingerprint density at radius 2 is 1.51 bits per heavy atom. The van der Waals surface area contributed by atoms with Crippen LogP contribution in [0.25, 0.3) is 22.3 Å². The highest BCUT2D eigenvalue weighted by Gasteiger charge is 2.47. The third kappa shape index (κ3) is 6.63. The molecule has 4 saturated heterocycles. The van der Waals surface area contributed by atoms with Gasteiger partial charge in [0.1, 0.15) is 11.6 Å².